The van der Waals surface area contributed by atoms with E-state index >= 15 is 0 Å². The molecule has 2 heterocycles. The van der Waals surface area contributed by atoms with Crippen molar-refractivity contribution in [2.45, 2.75) is 26.8 Å². The van der Waals surface area contributed by atoms with Crippen LogP contribution in [0.2, 0.25) is 0 Å². The number of furan rings is 1. The van der Waals surface area contributed by atoms with E-state index in [0.717, 1.165) is 27.9 Å². The van der Waals surface area contributed by atoms with Crippen molar-refractivity contribution in [2.75, 3.05) is 0 Å². The SMILES string of the molecule is Cc1ccc2oc(C(=O)NC(C)c3cnn(-c4ccc(F)cc4)c3C)cc2c1. The van der Waals surface area contributed by atoms with Crippen molar-refractivity contribution in [3.8, 4) is 5.69 Å². The normalized spacial score (nSPS) is 12.3. The summed E-state index contributed by atoms with van der Waals surface area (Å²) in [5.41, 5.74) is 4.31. The molecule has 0 saturated carbocycles. The molecule has 28 heavy (non-hydrogen) atoms. The second-order valence-corrected chi connectivity index (χ2v) is 6.92. The first kappa shape index (κ1) is 18.0. The lowest BCUT2D eigenvalue weighted by Gasteiger charge is -2.13. The monoisotopic (exact) mass is 377 g/mol. The Morgan fingerprint density at radius 1 is 1.14 bits per heavy atom. The van der Waals surface area contributed by atoms with Gasteiger partial charge in [-0.2, -0.15) is 5.10 Å². The summed E-state index contributed by atoms with van der Waals surface area (Å²) in [4.78, 5) is 12.6. The van der Waals surface area contributed by atoms with E-state index in [2.05, 4.69) is 10.4 Å². The van der Waals surface area contributed by atoms with Crippen molar-refractivity contribution in [1.82, 2.24) is 15.1 Å². The number of amides is 1. The molecule has 0 saturated heterocycles. The Morgan fingerprint density at radius 3 is 2.64 bits per heavy atom. The van der Waals surface area contributed by atoms with Gasteiger partial charge in [0.1, 0.15) is 11.4 Å². The van der Waals surface area contributed by atoms with Crippen LogP contribution < -0.4 is 5.32 Å². The van der Waals surface area contributed by atoms with Gasteiger partial charge in [0.25, 0.3) is 5.91 Å². The first-order chi connectivity index (χ1) is 13.4. The molecular formula is C22H20FN3O2. The Hall–Kier alpha value is -3.41. The molecule has 6 heteroatoms. The molecule has 0 aliphatic rings. The van der Waals surface area contributed by atoms with Gasteiger partial charge in [0.05, 0.1) is 17.9 Å². The largest absolute Gasteiger partial charge is 0.451 e. The molecule has 0 radical (unpaired) electrons. The maximum Gasteiger partial charge on any atom is 0.287 e. The van der Waals surface area contributed by atoms with Gasteiger partial charge in [0.15, 0.2) is 5.76 Å². The predicted molar refractivity (Wildman–Crippen MR) is 105 cm³/mol. The maximum absolute atomic E-state index is 13.2. The van der Waals surface area contributed by atoms with Gasteiger partial charge in [-0.15, -0.1) is 0 Å². The molecule has 1 atom stereocenters. The highest BCUT2D eigenvalue weighted by atomic mass is 19.1. The smallest absolute Gasteiger partial charge is 0.287 e. The van der Waals surface area contributed by atoms with E-state index in [1.807, 2.05) is 39.0 Å². The molecule has 2 aromatic heterocycles. The van der Waals surface area contributed by atoms with E-state index in [1.165, 1.54) is 12.1 Å². The van der Waals surface area contributed by atoms with Gasteiger partial charge < -0.3 is 9.73 Å². The Balaban J connectivity index is 1.55. The average molecular weight is 377 g/mol. The minimum Gasteiger partial charge on any atom is -0.451 e. The van der Waals surface area contributed by atoms with E-state index in [9.17, 15) is 9.18 Å². The Bertz CT molecular complexity index is 1160. The number of fused-ring (bicyclic) bond motifs is 1. The summed E-state index contributed by atoms with van der Waals surface area (Å²) in [5, 5.41) is 8.24. The molecule has 1 N–H and O–H groups in total. The van der Waals surface area contributed by atoms with Crippen molar-refractivity contribution in [2.24, 2.45) is 0 Å². The van der Waals surface area contributed by atoms with Crippen molar-refractivity contribution in [3.63, 3.8) is 0 Å². The van der Waals surface area contributed by atoms with E-state index in [4.69, 9.17) is 4.42 Å². The van der Waals surface area contributed by atoms with E-state index < -0.39 is 0 Å². The fourth-order valence-corrected chi connectivity index (χ4v) is 3.31. The lowest BCUT2D eigenvalue weighted by Crippen LogP contribution is -2.26. The summed E-state index contributed by atoms with van der Waals surface area (Å²) < 4.78 is 20.5. The predicted octanol–water partition coefficient (Wildman–Crippen LogP) is 4.87. The zero-order valence-corrected chi connectivity index (χ0v) is 15.9. The summed E-state index contributed by atoms with van der Waals surface area (Å²) in [5.74, 6) is -0.304. The third-order valence-corrected chi connectivity index (χ3v) is 4.83. The summed E-state index contributed by atoms with van der Waals surface area (Å²) in [7, 11) is 0. The second-order valence-electron chi connectivity index (χ2n) is 6.92. The number of carbonyl (C=O) groups excluding carboxylic acids is 1. The molecule has 4 aromatic rings. The van der Waals surface area contributed by atoms with Gasteiger partial charge in [-0.1, -0.05) is 11.6 Å². The minimum absolute atomic E-state index is 0.267. The maximum atomic E-state index is 13.2. The molecule has 142 valence electrons. The van der Waals surface area contributed by atoms with Gasteiger partial charge in [0, 0.05) is 16.6 Å². The topological polar surface area (TPSA) is 60.1 Å². The van der Waals surface area contributed by atoms with Crippen LogP contribution in [0.15, 0.2) is 59.1 Å². The fraction of sp³-hybridized carbons (Fsp3) is 0.182. The van der Waals surface area contributed by atoms with Crippen LogP contribution in [0, 0.1) is 19.7 Å². The molecule has 0 spiro atoms. The lowest BCUT2D eigenvalue weighted by molar-refractivity contribution is 0.0914. The number of carbonyl (C=O) groups is 1. The highest BCUT2D eigenvalue weighted by Gasteiger charge is 2.19. The molecular weight excluding hydrogens is 357 g/mol. The molecule has 1 amide bonds. The van der Waals surface area contributed by atoms with Gasteiger partial charge in [-0.05, 0) is 63.2 Å². The molecule has 2 aromatic carbocycles. The molecule has 0 bridgehead atoms. The van der Waals surface area contributed by atoms with E-state index in [0.29, 0.717) is 5.58 Å². The molecule has 1 unspecified atom stereocenters. The summed E-state index contributed by atoms with van der Waals surface area (Å²) in [6.07, 6.45) is 1.71. The first-order valence-electron chi connectivity index (χ1n) is 9.04. The van der Waals surface area contributed by atoms with Crippen LogP contribution in [0.5, 0.6) is 0 Å². The lowest BCUT2D eigenvalue weighted by atomic mass is 10.1. The summed E-state index contributed by atoms with van der Waals surface area (Å²) >= 11 is 0. The summed E-state index contributed by atoms with van der Waals surface area (Å²) in [6.45, 7) is 5.80. The first-order valence-corrected chi connectivity index (χ1v) is 9.04. The standard InChI is InChI=1S/C22H20FN3O2/c1-13-4-9-20-16(10-13)11-21(28-20)22(27)25-14(2)19-12-24-26(15(19)3)18-7-5-17(23)6-8-18/h4-12,14H,1-3H3,(H,25,27). The Labute approximate surface area is 161 Å². The third kappa shape index (κ3) is 3.29. The number of hydrogen-bond acceptors (Lipinski definition) is 3. The van der Waals surface area contributed by atoms with Gasteiger partial charge >= 0.3 is 0 Å². The van der Waals surface area contributed by atoms with Crippen LogP contribution in [0.25, 0.3) is 16.7 Å². The molecule has 0 aliphatic heterocycles. The second kappa shape index (κ2) is 6.96. The van der Waals surface area contributed by atoms with Crippen molar-refractivity contribution < 1.29 is 13.6 Å². The number of hydrogen-bond donors (Lipinski definition) is 1. The summed E-state index contributed by atoms with van der Waals surface area (Å²) in [6, 6.07) is 13.4. The number of benzene rings is 2. The zero-order valence-electron chi connectivity index (χ0n) is 15.9. The number of aryl methyl sites for hydroxylation is 1. The van der Waals surface area contributed by atoms with Crippen LogP contribution in [0.3, 0.4) is 0 Å². The third-order valence-electron chi connectivity index (χ3n) is 4.83. The van der Waals surface area contributed by atoms with Crippen LogP contribution in [-0.4, -0.2) is 15.7 Å². The van der Waals surface area contributed by atoms with Crippen LogP contribution >= 0.6 is 0 Å². The highest BCUT2D eigenvalue weighted by molar-refractivity contribution is 5.96. The molecule has 0 fully saturated rings. The van der Waals surface area contributed by atoms with Gasteiger partial charge in [0.2, 0.25) is 0 Å². The van der Waals surface area contributed by atoms with Crippen LogP contribution in [-0.2, 0) is 0 Å². The molecule has 0 aliphatic carbocycles. The average Bonchev–Trinajstić information content (AvgIpc) is 3.25. The van der Waals surface area contributed by atoms with E-state index in [1.54, 1.807) is 29.1 Å². The van der Waals surface area contributed by atoms with Gasteiger partial charge in [-0.3, -0.25) is 4.79 Å². The highest BCUT2D eigenvalue weighted by Crippen LogP contribution is 2.23. The van der Waals surface area contributed by atoms with Crippen molar-refractivity contribution in [3.05, 3.63) is 83.1 Å². The van der Waals surface area contributed by atoms with Crippen LogP contribution in [0.4, 0.5) is 4.39 Å². The molecule has 4 rings (SSSR count). The number of nitrogens with one attached hydrogen (secondary N) is 1. The minimum atomic E-state index is -0.296. The number of halogens is 1. The Morgan fingerprint density at radius 2 is 1.89 bits per heavy atom. The quantitative estimate of drug-likeness (QED) is 0.552. The van der Waals surface area contributed by atoms with Crippen LogP contribution in [0.1, 0.15) is 40.3 Å². The number of aromatic nitrogens is 2. The fourth-order valence-electron chi connectivity index (χ4n) is 3.31. The van der Waals surface area contributed by atoms with Gasteiger partial charge in [-0.25, -0.2) is 9.07 Å². The Kier molecular flexibility index (Phi) is 4.47. The number of nitrogens with zero attached hydrogens (tertiary/aromatic N) is 2. The molecule has 5 nitrogen and oxygen atoms in total. The zero-order chi connectivity index (χ0) is 19.8. The van der Waals surface area contributed by atoms with E-state index in [-0.39, 0.29) is 23.5 Å². The van der Waals surface area contributed by atoms with Crippen molar-refractivity contribution in [1.29, 1.82) is 0 Å². The van der Waals surface area contributed by atoms with Crippen molar-refractivity contribution >= 4 is 16.9 Å². The number of rotatable bonds is 4.